The molecule has 18 heavy (non-hydrogen) atoms. The smallest absolute Gasteiger partial charge is 0.292 e. The van der Waals surface area contributed by atoms with E-state index in [2.05, 4.69) is 10.6 Å². The van der Waals surface area contributed by atoms with Crippen molar-refractivity contribution in [2.24, 2.45) is 5.73 Å². The van der Waals surface area contributed by atoms with Crippen molar-refractivity contribution in [2.45, 2.75) is 13.0 Å². The van der Waals surface area contributed by atoms with Crippen molar-refractivity contribution < 1.29 is 9.72 Å². The maximum Gasteiger partial charge on any atom is 0.292 e. The van der Waals surface area contributed by atoms with Crippen LogP contribution in [0.25, 0.3) is 0 Å². The van der Waals surface area contributed by atoms with E-state index in [-0.39, 0.29) is 17.6 Å². The van der Waals surface area contributed by atoms with Crippen molar-refractivity contribution in [1.29, 1.82) is 0 Å². The Morgan fingerprint density at radius 1 is 1.56 bits per heavy atom. The van der Waals surface area contributed by atoms with E-state index in [1.54, 1.807) is 6.92 Å². The summed E-state index contributed by atoms with van der Waals surface area (Å²) in [5, 5.41) is 16.3. The average Bonchev–Trinajstić information content (AvgIpc) is 2.37. The monoisotopic (exact) mass is 252 g/mol. The SMILES string of the molecule is CNC(=O)c1ccc([N+](=O)[O-])c(NC(C)CN)c1. The number of nitro groups is 1. The number of anilines is 1. The molecule has 0 heterocycles. The molecule has 7 nitrogen and oxygen atoms in total. The summed E-state index contributed by atoms with van der Waals surface area (Å²) in [6.45, 7) is 2.14. The molecule has 1 atom stereocenters. The van der Waals surface area contributed by atoms with E-state index in [0.29, 0.717) is 17.8 Å². The number of carbonyl (C=O) groups is 1. The molecule has 1 aromatic carbocycles. The number of rotatable bonds is 5. The molecule has 0 aliphatic heterocycles. The highest BCUT2D eigenvalue weighted by Gasteiger charge is 2.17. The third-order valence-electron chi connectivity index (χ3n) is 2.44. The van der Waals surface area contributed by atoms with E-state index in [4.69, 9.17) is 5.73 Å². The second-order valence-corrected chi connectivity index (χ2v) is 3.85. The van der Waals surface area contributed by atoms with E-state index in [0.717, 1.165) is 0 Å². The van der Waals surface area contributed by atoms with Gasteiger partial charge in [0.1, 0.15) is 5.69 Å². The molecule has 1 aromatic rings. The molecule has 0 fully saturated rings. The lowest BCUT2D eigenvalue weighted by atomic mass is 10.1. The van der Waals surface area contributed by atoms with Crippen molar-refractivity contribution in [3.05, 3.63) is 33.9 Å². The lowest BCUT2D eigenvalue weighted by Crippen LogP contribution is -2.26. The lowest BCUT2D eigenvalue weighted by molar-refractivity contribution is -0.384. The second kappa shape index (κ2) is 5.97. The Labute approximate surface area is 105 Å². The van der Waals surface area contributed by atoms with Crippen molar-refractivity contribution >= 4 is 17.3 Å². The van der Waals surface area contributed by atoms with Crippen LogP contribution in [0.1, 0.15) is 17.3 Å². The fourth-order valence-electron chi connectivity index (χ4n) is 1.42. The number of benzene rings is 1. The van der Waals surface area contributed by atoms with Crippen molar-refractivity contribution in [3.8, 4) is 0 Å². The largest absolute Gasteiger partial charge is 0.376 e. The highest BCUT2D eigenvalue weighted by molar-refractivity contribution is 5.95. The van der Waals surface area contributed by atoms with Crippen LogP contribution in [0.2, 0.25) is 0 Å². The molecule has 1 rings (SSSR count). The third-order valence-corrected chi connectivity index (χ3v) is 2.44. The van der Waals surface area contributed by atoms with Gasteiger partial charge in [0.15, 0.2) is 0 Å². The van der Waals surface area contributed by atoms with Crippen molar-refractivity contribution in [3.63, 3.8) is 0 Å². The first-order chi connectivity index (χ1) is 8.49. The average molecular weight is 252 g/mol. The molecule has 0 saturated carbocycles. The van der Waals surface area contributed by atoms with Crippen LogP contribution in [0.4, 0.5) is 11.4 Å². The Balaban J connectivity index is 3.15. The maximum absolute atomic E-state index is 11.5. The standard InChI is InChI=1S/C11H16N4O3/c1-7(6-12)14-9-5-8(11(16)13-2)3-4-10(9)15(17)18/h3-5,7,14H,6,12H2,1-2H3,(H,13,16). The Bertz CT molecular complexity index is 462. The van der Waals surface area contributed by atoms with Crippen LogP contribution in [0.3, 0.4) is 0 Å². The quantitative estimate of drug-likeness (QED) is 0.528. The summed E-state index contributed by atoms with van der Waals surface area (Å²) in [5.74, 6) is -0.298. The predicted molar refractivity (Wildman–Crippen MR) is 68.6 cm³/mol. The van der Waals surface area contributed by atoms with E-state index >= 15 is 0 Å². The number of nitrogens with one attached hydrogen (secondary N) is 2. The summed E-state index contributed by atoms with van der Waals surface area (Å²) in [4.78, 5) is 21.8. The summed E-state index contributed by atoms with van der Waals surface area (Å²) in [6.07, 6.45) is 0. The molecule has 0 radical (unpaired) electrons. The molecule has 7 heteroatoms. The van der Waals surface area contributed by atoms with Crippen LogP contribution in [0, 0.1) is 10.1 Å². The fraction of sp³-hybridized carbons (Fsp3) is 0.364. The molecule has 0 aromatic heterocycles. The molecule has 1 unspecified atom stereocenters. The van der Waals surface area contributed by atoms with Gasteiger partial charge in [0.25, 0.3) is 11.6 Å². The number of hydrogen-bond donors (Lipinski definition) is 3. The van der Waals surface area contributed by atoms with E-state index < -0.39 is 4.92 Å². The number of carbonyl (C=O) groups excluding carboxylic acids is 1. The summed E-state index contributed by atoms with van der Waals surface area (Å²) < 4.78 is 0. The number of nitro benzene ring substituents is 1. The maximum atomic E-state index is 11.5. The molecule has 98 valence electrons. The van der Waals surface area contributed by atoms with Gasteiger partial charge in [-0.15, -0.1) is 0 Å². The van der Waals surface area contributed by atoms with Crippen LogP contribution >= 0.6 is 0 Å². The van der Waals surface area contributed by atoms with Crippen LogP contribution in [0.5, 0.6) is 0 Å². The minimum atomic E-state index is -0.501. The minimum Gasteiger partial charge on any atom is -0.376 e. The van der Waals surface area contributed by atoms with Crippen LogP contribution in [0.15, 0.2) is 18.2 Å². The van der Waals surface area contributed by atoms with Crippen LogP contribution in [-0.2, 0) is 0 Å². The molecule has 1 amide bonds. The van der Waals surface area contributed by atoms with E-state index in [9.17, 15) is 14.9 Å². The van der Waals surface area contributed by atoms with Crippen molar-refractivity contribution in [1.82, 2.24) is 5.32 Å². The Hall–Kier alpha value is -2.15. The Morgan fingerprint density at radius 3 is 2.72 bits per heavy atom. The van der Waals surface area contributed by atoms with Gasteiger partial charge >= 0.3 is 0 Å². The molecular formula is C11H16N4O3. The second-order valence-electron chi connectivity index (χ2n) is 3.85. The summed E-state index contributed by atoms with van der Waals surface area (Å²) in [6, 6.07) is 4.04. The zero-order chi connectivity index (χ0) is 13.7. The van der Waals surface area contributed by atoms with Gasteiger partial charge in [-0.3, -0.25) is 14.9 Å². The molecular weight excluding hydrogens is 236 g/mol. The molecule has 0 saturated heterocycles. The van der Waals surface area contributed by atoms with Gasteiger partial charge in [0, 0.05) is 31.3 Å². The van der Waals surface area contributed by atoms with Gasteiger partial charge in [-0.2, -0.15) is 0 Å². The summed E-state index contributed by atoms with van der Waals surface area (Å²) in [5.41, 5.74) is 6.02. The van der Waals surface area contributed by atoms with Gasteiger partial charge in [-0.1, -0.05) is 0 Å². The highest BCUT2D eigenvalue weighted by Crippen LogP contribution is 2.26. The summed E-state index contributed by atoms with van der Waals surface area (Å²) >= 11 is 0. The van der Waals surface area contributed by atoms with Crippen LogP contribution in [-0.4, -0.2) is 30.5 Å². The number of nitrogens with two attached hydrogens (primary N) is 1. The third kappa shape index (κ3) is 3.17. The first kappa shape index (κ1) is 13.9. The Kier molecular flexibility index (Phi) is 4.61. The topological polar surface area (TPSA) is 110 Å². The zero-order valence-electron chi connectivity index (χ0n) is 10.3. The molecule has 0 bridgehead atoms. The summed E-state index contributed by atoms with van der Waals surface area (Å²) in [7, 11) is 1.50. The van der Waals surface area contributed by atoms with Gasteiger partial charge < -0.3 is 16.4 Å². The molecule has 4 N–H and O–H groups in total. The number of hydrogen-bond acceptors (Lipinski definition) is 5. The molecule has 0 aliphatic carbocycles. The van der Waals surface area contributed by atoms with Crippen LogP contribution < -0.4 is 16.4 Å². The van der Waals surface area contributed by atoms with Gasteiger partial charge in [-0.05, 0) is 19.1 Å². The normalized spacial score (nSPS) is 11.7. The molecule has 0 aliphatic rings. The first-order valence-electron chi connectivity index (χ1n) is 5.46. The molecule has 0 spiro atoms. The van der Waals surface area contributed by atoms with Gasteiger partial charge in [-0.25, -0.2) is 0 Å². The minimum absolute atomic E-state index is 0.0806. The number of nitrogens with zero attached hydrogens (tertiary/aromatic N) is 1. The Morgan fingerprint density at radius 2 is 2.22 bits per heavy atom. The number of amides is 1. The van der Waals surface area contributed by atoms with Gasteiger partial charge in [0.2, 0.25) is 0 Å². The fourth-order valence-corrected chi connectivity index (χ4v) is 1.42. The predicted octanol–water partition coefficient (Wildman–Crippen LogP) is 0.713. The van der Waals surface area contributed by atoms with Crippen molar-refractivity contribution in [2.75, 3.05) is 18.9 Å². The first-order valence-corrected chi connectivity index (χ1v) is 5.46. The van der Waals surface area contributed by atoms with E-state index in [1.165, 1.54) is 25.2 Å². The highest BCUT2D eigenvalue weighted by atomic mass is 16.6. The zero-order valence-corrected chi connectivity index (χ0v) is 10.3. The van der Waals surface area contributed by atoms with E-state index in [1.807, 2.05) is 0 Å². The van der Waals surface area contributed by atoms with Gasteiger partial charge in [0.05, 0.1) is 4.92 Å². The lowest BCUT2D eigenvalue weighted by Gasteiger charge is -2.13.